The summed E-state index contributed by atoms with van der Waals surface area (Å²) in [6.45, 7) is 1.99. The van der Waals surface area contributed by atoms with Crippen molar-refractivity contribution in [1.29, 1.82) is 0 Å². The van der Waals surface area contributed by atoms with E-state index in [1.807, 2.05) is 0 Å². The molecule has 0 spiro atoms. The number of nitrogens with zero attached hydrogens (tertiary/aromatic N) is 1. The maximum atomic E-state index is 13.1. The van der Waals surface area contributed by atoms with Crippen molar-refractivity contribution >= 4 is 21.8 Å². The fourth-order valence-corrected chi connectivity index (χ4v) is 5.45. The summed E-state index contributed by atoms with van der Waals surface area (Å²) in [5, 5.41) is 5.68. The lowest BCUT2D eigenvalue weighted by Gasteiger charge is -2.31. The summed E-state index contributed by atoms with van der Waals surface area (Å²) in [6.07, 6.45) is 5.23. The van der Waals surface area contributed by atoms with Gasteiger partial charge >= 0.3 is 0 Å². The van der Waals surface area contributed by atoms with Crippen LogP contribution in [0.2, 0.25) is 0 Å². The number of rotatable bonds is 6. The molecule has 0 radical (unpaired) electrons. The maximum absolute atomic E-state index is 13.1. The summed E-state index contributed by atoms with van der Waals surface area (Å²) in [7, 11) is -3.80. The van der Waals surface area contributed by atoms with E-state index >= 15 is 0 Å². The number of carbonyl (C=O) groups is 2. The predicted octanol–water partition coefficient (Wildman–Crippen LogP) is 1.79. The standard InChI is InChI=1S/C20H28FN3O4S/c1-14(19(25)23-17-6-2-3-7-17)22-20(26)15-5-4-12-24(13-15)29(27,28)18-10-8-16(21)9-11-18/h8-11,14-15,17H,2-7,12-13H2,1H3,(H,22,26)(H,23,25). The monoisotopic (exact) mass is 425 g/mol. The number of benzene rings is 1. The van der Waals surface area contributed by atoms with Crippen LogP contribution in [-0.2, 0) is 19.6 Å². The van der Waals surface area contributed by atoms with Crippen LogP contribution in [-0.4, -0.2) is 49.7 Å². The molecule has 2 unspecified atom stereocenters. The molecule has 3 rings (SSSR count). The second-order valence-electron chi connectivity index (χ2n) is 7.88. The lowest BCUT2D eigenvalue weighted by molar-refractivity contribution is -0.131. The fraction of sp³-hybridized carbons (Fsp3) is 0.600. The van der Waals surface area contributed by atoms with Crippen molar-refractivity contribution in [2.24, 2.45) is 5.92 Å². The highest BCUT2D eigenvalue weighted by Gasteiger charge is 2.34. The molecule has 1 aliphatic carbocycles. The molecule has 1 aromatic rings. The number of sulfonamides is 1. The van der Waals surface area contributed by atoms with Crippen molar-refractivity contribution in [2.45, 2.75) is 62.4 Å². The Bertz CT molecular complexity index is 838. The number of piperidine rings is 1. The van der Waals surface area contributed by atoms with Crippen molar-refractivity contribution in [3.63, 3.8) is 0 Å². The van der Waals surface area contributed by atoms with Crippen LogP contribution in [0.4, 0.5) is 4.39 Å². The van der Waals surface area contributed by atoms with E-state index in [0.717, 1.165) is 37.8 Å². The molecule has 1 aliphatic heterocycles. The van der Waals surface area contributed by atoms with Gasteiger partial charge in [0, 0.05) is 19.1 Å². The van der Waals surface area contributed by atoms with Crippen LogP contribution in [0.3, 0.4) is 0 Å². The zero-order chi connectivity index (χ0) is 21.0. The molecular weight excluding hydrogens is 397 g/mol. The Balaban J connectivity index is 1.58. The minimum Gasteiger partial charge on any atom is -0.352 e. The van der Waals surface area contributed by atoms with E-state index < -0.39 is 27.8 Å². The van der Waals surface area contributed by atoms with E-state index in [0.29, 0.717) is 19.4 Å². The van der Waals surface area contributed by atoms with Crippen LogP contribution in [0.25, 0.3) is 0 Å². The van der Waals surface area contributed by atoms with E-state index in [4.69, 9.17) is 0 Å². The Morgan fingerprint density at radius 3 is 2.41 bits per heavy atom. The normalized spacial score (nSPS) is 22.2. The molecule has 1 aromatic carbocycles. The second-order valence-corrected chi connectivity index (χ2v) is 9.81. The van der Waals surface area contributed by atoms with E-state index in [2.05, 4.69) is 10.6 Å². The number of carbonyl (C=O) groups excluding carboxylic acids is 2. The van der Waals surface area contributed by atoms with Gasteiger partial charge in [-0.05, 0) is 56.9 Å². The van der Waals surface area contributed by atoms with Gasteiger partial charge in [-0.15, -0.1) is 0 Å². The van der Waals surface area contributed by atoms with Gasteiger partial charge in [0.05, 0.1) is 10.8 Å². The number of hydrogen-bond acceptors (Lipinski definition) is 4. The summed E-state index contributed by atoms with van der Waals surface area (Å²) in [5.74, 6) is -1.57. The van der Waals surface area contributed by atoms with Gasteiger partial charge in [0.15, 0.2) is 0 Å². The smallest absolute Gasteiger partial charge is 0.243 e. The minimum absolute atomic E-state index is 0.00395. The molecule has 7 nitrogen and oxygen atoms in total. The van der Waals surface area contributed by atoms with Crippen molar-refractivity contribution < 1.29 is 22.4 Å². The number of amides is 2. The van der Waals surface area contributed by atoms with Gasteiger partial charge in [-0.1, -0.05) is 12.8 Å². The average molecular weight is 426 g/mol. The quantitative estimate of drug-likeness (QED) is 0.726. The van der Waals surface area contributed by atoms with Crippen molar-refractivity contribution in [3.8, 4) is 0 Å². The number of halogens is 1. The van der Waals surface area contributed by atoms with Crippen molar-refractivity contribution in [3.05, 3.63) is 30.1 Å². The number of nitrogens with one attached hydrogen (secondary N) is 2. The predicted molar refractivity (Wildman–Crippen MR) is 106 cm³/mol. The molecular formula is C20H28FN3O4S. The third-order valence-corrected chi connectivity index (χ3v) is 7.54. The lowest BCUT2D eigenvalue weighted by atomic mass is 9.98. The molecule has 2 atom stereocenters. The second kappa shape index (κ2) is 9.21. The SMILES string of the molecule is CC(NC(=O)C1CCCN(S(=O)(=O)c2ccc(F)cc2)C1)C(=O)NC1CCCC1. The molecule has 2 amide bonds. The Labute approximate surface area is 171 Å². The van der Waals surface area contributed by atoms with Gasteiger partial charge in [-0.25, -0.2) is 12.8 Å². The maximum Gasteiger partial charge on any atom is 0.243 e. The summed E-state index contributed by atoms with van der Waals surface area (Å²) in [4.78, 5) is 24.9. The van der Waals surface area contributed by atoms with Gasteiger partial charge in [0.25, 0.3) is 0 Å². The van der Waals surface area contributed by atoms with Gasteiger partial charge < -0.3 is 10.6 Å². The average Bonchev–Trinajstić information content (AvgIpc) is 3.21. The molecule has 1 saturated carbocycles. The van der Waals surface area contributed by atoms with Gasteiger partial charge in [-0.3, -0.25) is 9.59 Å². The van der Waals surface area contributed by atoms with E-state index in [-0.39, 0.29) is 29.3 Å². The highest BCUT2D eigenvalue weighted by molar-refractivity contribution is 7.89. The van der Waals surface area contributed by atoms with E-state index in [9.17, 15) is 22.4 Å². The van der Waals surface area contributed by atoms with E-state index in [1.54, 1.807) is 6.92 Å². The first-order valence-electron chi connectivity index (χ1n) is 10.1. The third kappa shape index (κ3) is 5.33. The molecule has 9 heteroatoms. The Kier molecular flexibility index (Phi) is 6.89. The van der Waals surface area contributed by atoms with Crippen LogP contribution >= 0.6 is 0 Å². The summed E-state index contributed by atoms with van der Waals surface area (Å²) < 4.78 is 40.0. The first-order valence-corrected chi connectivity index (χ1v) is 11.6. The molecule has 2 fully saturated rings. The van der Waals surface area contributed by atoms with Crippen molar-refractivity contribution in [1.82, 2.24) is 14.9 Å². The van der Waals surface area contributed by atoms with Gasteiger partial charge in [0.2, 0.25) is 21.8 Å². The zero-order valence-corrected chi connectivity index (χ0v) is 17.4. The van der Waals surface area contributed by atoms with Crippen LogP contribution in [0.15, 0.2) is 29.2 Å². The molecule has 0 bridgehead atoms. The topological polar surface area (TPSA) is 95.6 Å². The highest BCUT2D eigenvalue weighted by Crippen LogP contribution is 2.24. The Hall–Kier alpha value is -2.00. The zero-order valence-electron chi connectivity index (χ0n) is 16.6. The van der Waals surface area contributed by atoms with Crippen molar-refractivity contribution in [2.75, 3.05) is 13.1 Å². The largest absolute Gasteiger partial charge is 0.352 e. The molecule has 2 aliphatic rings. The first kappa shape index (κ1) is 21.7. The number of hydrogen-bond donors (Lipinski definition) is 2. The lowest BCUT2D eigenvalue weighted by Crippen LogP contribution is -2.51. The molecule has 29 heavy (non-hydrogen) atoms. The molecule has 2 N–H and O–H groups in total. The highest BCUT2D eigenvalue weighted by atomic mass is 32.2. The summed E-state index contributed by atoms with van der Waals surface area (Å²) >= 11 is 0. The summed E-state index contributed by atoms with van der Waals surface area (Å²) in [6, 6.07) is 4.16. The summed E-state index contributed by atoms with van der Waals surface area (Å²) in [5.41, 5.74) is 0. The molecule has 0 aromatic heterocycles. The van der Waals surface area contributed by atoms with Crippen LogP contribution in [0.1, 0.15) is 45.4 Å². The van der Waals surface area contributed by atoms with E-state index in [1.165, 1.54) is 16.4 Å². The fourth-order valence-electron chi connectivity index (χ4n) is 3.92. The van der Waals surface area contributed by atoms with Crippen LogP contribution in [0, 0.1) is 11.7 Å². The first-order chi connectivity index (χ1) is 13.8. The van der Waals surface area contributed by atoms with Crippen LogP contribution in [0.5, 0.6) is 0 Å². The third-order valence-electron chi connectivity index (χ3n) is 5.66. The van der Waals surface area contributed by atoms with Gasteiger partial charge in [0.1, 0.15) is 11.9 Å². The molecule has 1 heterocycles. The molecule has 1 saturated heterocycles. The Morgan fingerprint density at radius 1 is 1.10 bits per heavy atom. The van der Waals surface area contributed by atoms with Crippen LogP contribution < -0.4 is 10.6 Å². The molecule has 160 valence electrons. The van der Waals surface area contributed by atoms with Gasteiger partial charge in [-0.2, -0.15) is 4.31 Å². The minimum atomic E-state index is -3.80. The Morgan fingerprint density at radius 2 is 1.76 bits per heavy atom.